The highest BCUT2D eigenvalue weighted by Crippen LogP contribution is 2.53. The van der Waals surface area contributed by atoms with Gasteiger partial charge >= 0.3 is 7.60 Å². The Hall–Kier alpha value is -1.08. The first kappa shape index (κ1) is 14.0. The fourth-order valence-corrected chi connectivity index (χ4v) is 3.12. The van der Waals surface area contributed by atoms with Crippen molar-refractivity contribution in [2.45, 2.75) is 25.9 Å². The van der Waals surface area contributed by atoms with Gasteiger partial charge in [0.15, 0.2) is 5.66 Å². The van der Waals surface area contributed by atoms with E-state index in [1.54, 1.807) is 26.0 Å². The van der Waals surface area contributed by atoms with E-state index in [4.69, 9.17) is 18.7 Å². The molecule has 17 heavy (non-hydrogen) atoms. The second kappa shape index (κ2) is 6.61. The molecular weight excluding hydrogens is 241 g/mol. The standard InChI is InChI=1S/C11H16NO4P/c1-3-15-17(13,16-4-2)11(9-12)8-10-6-5-7-14-10/h5-7,11H,3-4,8H2,1-2H3/t11-/m0/s1. The maximum Gasteiger partial charge on any atom is 0.348 e. The zero-order valence-electron chi connectivity index (χ0n) is 9.96. The molecule has 0 aromatic carbocycles. The van der Waals surface area contributed by atoms with Crippen LogP contribution in [-0.4, -0.2) is 18.9 Å². The zero-order valence-corrected chi connectivity index (χ0v) is 10.9. The summed E-state index contributed by atoms with van der Waals surface area (Å²) in [6, 6.07) is 5.42. The molecule has 0 aliphatic heterocycles. The van der Waals surface area contributed by atoms with Gasteiger partial charge in [-0.1, -0.05) is 0 Å². The molecule has 1 heterocycles. The molecule has 6 heteroatoms. The molecule has 0 unspecified atom stereocenters. The van der Waals surface area contributed by atoms with Crippen molar-refractivity contribution in [1.29, 1.82) is 5.26 Å². The van der Waals surface area contributed by atoms with Gasteiger partial charge < -0.3 is 13.5 Å². The summed E-state index contributed by atoms with van der Waals surface area (Å²) >= 11 is 0. The normalized spacial score (nSPS) is 13.2. The van der Waals surface area contributed by atoms with E-state index < -0.39 is 13.3 Å². The number of hydrogen-bond acceptors (Lipinski definition) is 5. The molecule has 0 bridgehead atoms. The van der Waals surface area contributed by atoms with E-state index in [2.05, 4.69) is 0 Å². The van der Waals surface area contributed by atoms with Crippen LogP contribution in [0.5, 0.6) is 0 Å². The van der Waals surface area contributed by atoms with Crippen LogP contribution in [0, 0.1) is 11.3 Å². The monoisotopic (exact) mass is 257 g/mol. The Morgan fingerprint density at radius 2 is 2.12 bits per heavy atom. The smallest absolute Gasteiger partial charge is 0.348 e. The summed E-state index contributed by atoms with van der Waals surface area (Å²) in [6.07, 6.45) is 1.73. The van der Waals surface area contributed by atoms with Gasteiger partial charge in [0, 0.05) is 6.42 Å². The van der Waals surface area contributed by atoms with E-state index in [-0.39, 0.29) is 19.6 Å². The molecular formula is C11H16NO4P. The van der Waals surface area contributed by atoms with Crippen LogP contribution in [-0.2, 0) is 20.0 Å². The minimum absolute atomic E-state index is 0.223. The summed E-state index contributed by atoms with van der Waals surface area (Å²) in [5, 5.41) is 9.09. The summed E-state index contributed by atoms with van der Waals surface area (Å²) < 4.78 is 27.8. The average molecular weight is 257 g/mol. The van der Waals surface area contributed by atoms with Crippen molar-refractivity contribution < 1.29 is 18.0 Å². The Labute approximate surface area is 101 Å². The maximum absolute atomic E-state index is 12.4. The summed E-state index contributed by atoms with van der Waals surface area (Å²) in [4.78, 5) is 0. The predicted molar refractivity (Wildman–Crippen MR) is 62.7 cm³/mol. The lowest BCUT2D eigenvalue weighted by molar-refractivity contribution is 0.215. The van der Waals surface area contributed by atoms with Gasteiger partial charge in [-0.15, -0.1) is 0 Å². The number of nitrogens with zero attached hydrogens (tertiary/aromatic N) is 1. The quantitative estimate of drug-likeness (QED) is 0.702. The Bertz CT molecular complexity index is 400. The van der Waals surface area contributed by atoms with Crippen LogP contribution in [0.25, 0.3) is 0 Å². The molecule has 0 saturated heterocycles. The largest absolute Gasteiger partial charge is 0.469 e. The molecule has 1 aromatic heterocycles. The lowest BCUT2D eigenvalue weighted by Gasteiger charge is -2.20. The van der Waals surface area contributed by atoms with Crippen molar-refractivity contribution in [3.63, 3.8) is 0 Å². The second-order valence-electron chi connectivity index (χ2n) is 3.30. The number of furan rings is 1. The van der Waals surface area contributed by atoms with Crippen molar-refractivity contribution >= 4 is 7.60 Å². The molecule has 94 valence electrons. The molecule has 0 radical (unpaired) electrons. The summed E-state index contributed by atoms with van der Waals surface area (Å²) in [7, 11) is -3.39. The van der Waals surface area contributed by atoms with Crippen LogP contribution in [0.2, 0.25) is 0 Å². The molecule has 0 amide bonds. The minimum atomic E-state index is -3.39. The summed E-state index contributed by atoms with van der Waals surface area (Å²) in [5.74, 6) is 0.594. The van der Waals surface area contributed by atoms with E-state index in [1.807, 2.05) is 6.07 Å². The van der Waals surface area contributed by atoms with E-state index in [9.17, 15) is 4.57 Å². The van der Waals surface area contributed by atoms with Crippen molar-refractivity contribution in [2.24, 2.45) is 0 Å². The first-order valence-electron chi connectivity index (χ1n) is 5.47. The molecule has 0 aliphatic rings. The fourth-order valence-electron chi connectivity index (χ4n) is 1.42. The Balaban J connectivity index is 2.83. The molecule has 0 aliphatic carbocycles. The third kappa shape index (κ3) is 3.71. The Morgan fingerprint density at radius 1 is 1.47 bits per heavy atom. The Morgan fingerprint density at radius 3 is 2.53 bits per heavy atom. The van der Waals surface area contributed by atoms with Crippen LogP contribution in [0.1, 0.15) is 19.6 Å². The van der Waals surface area contributed by atoms with Crippen LogP contribution in [0.3, 0.4) is 0 Å². The number of rotatable bonds is 7. The SMILES string of the molecule is CCOP(=O)(OCC)[C@H](C#N)Cc1ccco1. The average Bonchev–Trinajstić information content (AvgIpc) is 2.79. The van der Waals surface area contributed by atoms with Crippen LogP contribution in [0.15, 0.2) is 22.8 Å². The predicted octanol–water partition coefficient (Wildman–Crippen LogP) is 2.98. The lowest BCUT2D eigenvalue weighted by Crippen LogP contribution is -2.14. The topological polar surface area (TPSA) is 72.5 Å². The zero-order chi connectivity index (χ0) is 12.7. The van der Waals surface area contributed by atoms with Gasteiger partial charge in [0.2, 0.25) is 0 Å². The first-order chi connectivity index (χ1) is 8.16. The molecule has 1 atom stereocenters. The summed E-state index contributed by atoms with van der Waals surface area (Å²) in [5.41, 5.74) is -0.839. The highest BCUT2D eigenvalue weighted by atomic mass is 31.2. The van der Waals surface area contributed by atoms with Gasteiger partial charge in [-0.2, -0.15) is 5.26 Å². The van der Waals surface area contributed by atoms with Gasteiger partial charge in [0.1, 0.15) is 5.76 Å². The molecule has 0 spiro atoms. The van der Waals surface area contributed by atoms with Gasteiger partial charge in [-0.05, 0) is 26.0 Å². The third-order valence-electron chi connectivity index (χ3n) is 2.12. The maximum atomic E-state index is 12.4. The van der Waals surface area contributed by atoms with Gasteiger partial charge in [-0.25, -0.2) is 0 Å². The van der Waals surface area contributed by atoms with Crippen LogP contribution < -0.4 is 0 Å². The van der Waals surface area contributed by atoms with E-state index in [1.165, 1.54) is 6.26 Å². The number of hydrogen-bond donors (Lipinski definition) is 0. The molecule has 0 fully saturated rings. The van der Waals surface area contributed by atoms with E-state index >= 15 is 0 Å². The molecule has 1 rings (SSSR count). The molecule has 0 N–H and O–H groups in total. The van der Waals surface area contributed by atoms with Crippen LogP contribution >= 0.6 is 7.60 Å². The highest BCUT2D eigenvalue weighted by Gasteiger charge is 2.36. The number of nitriles is 1. The van der Waals surface area contributed by atoms with Gasteiger partial charge in [0.05, 0.1) is 25.5 Å². The highest BCUT2D eigenvalue weighted by molar-refractivity contribution is 7.55. The minimum Gasteiger partial charge on any atom is -0.469 e. The molecule has 5 nitrogen and oxygen atoms in total. The van der Waals surface area contributed by atoms with Gasteiger partial charge in [-0.3, -0.25) is 4.57 Å². The lowest BCUT2D eigenvalue weighted by atomic mass is 10.2. The van der Waals surface area contributed by atoms with Crippen molar-refractivity contribution in [1.82, 2.24) is 0 Å². The van der Waals surface area contributed by atoms with E-state index in [0.29, 0.717) is 5.76 Å². The third-order valence-corrected chi connectivity index (χ3v) is 4.42. The van der Waals surface area contributed by atoms with Gasteiger partial charge in [0.25, 0.3) is 0 Å². The Kier molecular flexibility index (Phi) is 5.43. The molecule has 1 aromatic rings. The summed E-state index contributed by atoms with van der Waals surface area (Å²) in [6.45, 7) is 3.92. The van der Waals surface area contributed by atoms with Crippen molar-refractivity contribution in [3.8, 4) is 6.07 Å². The van der Waals surface area contributed by atoms with Crippen molar-refractivity contribution in [3.05, 3.63) is 24.2 Å². The van der Waals surface area contributed by atoms with Crippen molar-refractivity contribution in [2.75, 3.05) is 13.2 Å². The van der Waals surface area contributed by atoms with Crippen LogP contribution in [0.4, 0.5) is 0 Å². The molecule has 0 saturated carbocycles. The second-order valence-corrected chi connectivity index (χ2v) is 5.52. The fraction of sp³-hybridized carbons (Fsp3) is 0.545. The van der Waals surface area contributed by atoms with E-state index in [0.717, 1.165) is 0 Å². The first-order valence-corrected chi connectivity index (χ1v) is 7.08.